The normalized spacial score (nSPS) is 17.4. The lowest BCUT2D eigenvalue weighted by molar-refractivity contribution is -0.121. The van der Waals surface area contributed by atoms with Gasteiger partial charge in [0.05, 0.1) is 0 Å². The molecule has 0 aromatic carbocycles. The summed E-state index contributed by atoms with van der Waals surface area (Å²) in [5.74, 6) is 0.143. The summed E-state index contributed by atoms with van der Waals surface area (Å²) in [4.78, 5) is 11.8. The minimum absolute atomic E-state index is 0.143. The van der Waals surface area contributed by atoms with Gasteiger partial charge in [-0.1, -0.05) is 31.4 Å². The number of hydrogen-bond acceptors (Lipinski definition) is 2. The van der Waals surface area contributed by atoms with E-state index < -0.39 is 0 Å². The van der Waals surface area contributed by atoms with Crippen LogP contribution < -0.4 is 11.1 Å². The number of nitrogens with one attached hydrogen (secondary N) is 1. The summed E-state index contributed by atoms with van der Waals surface area (Å²) in [6.07, 6.45) is 10.8. The van der Waals surface area contributed by atoms with Gasteiger partial charge in [0.2, 0.25) is 5.91 Å². The summed E-state index contributed by atoms with van der Waals surface area (Å²) in [6.45, 7) is 2.70. The van der Waals surface area contributed by atoms with Crippen LogP contribution in [0, 0.1) is 0 Å². The molecule has 1 amide bonds. The van der Waals surface area contributed by atoms with Crippen LogP contribution in [0.2, 0.25) is 0 Å². The second kappa shape index (κ2) is 8.29. The lowest BCUT2D eigenvalue weighted by Crippen LogP contribution is -2.40. The molecule has 0 bridgehead atoms. The van der Waals surface area contributed by atoms with Crippen LogP contribution in [0.1, 0.15) is 58.3 Å². The molecule has 0 fully saturated rings. The minimum Gasteiger partial charge on any atom is -0.352 e. The second-order valence-corrected chi connectivity index (χ2v) is 4.93. The molecule has 0 heterocycles. The van der Waals surface area contributed by atoms with Crippen molar-refractivity contribution in [1.29, 1.82) is 0 Å². The van der Waals surface area contributed by atoms with E-state index in [1.54, 1.807) is 0 Å². The quantitative estimate of drug-likeness (QED) is 0.670. The number of carbonyl (C=O) groups is 1. The van der Waals surface area contributed by atoms with E-state index in [0.717, 1.165) is 32.1 Å². The molecule has 1 rings (SSSR count). The van der Waals surface area contributed by atoms with Gasteiger partial charge in [0.25, 0.3) is 0 Å². The van der Waals surface area contributed by atoms with Crippen molar-refractivity contribution in [2.75, 3.05) is 6.54 Å². The zero-order chi connectivity index (χ0) is 12.5. The molecule has 1 aliphatic carbocycles. The predicted molar refractivity (Wildman–Crippen MR) is 71.7 cm³/mol. The first-order chi connectivity index (χ1) is 8.26. The number of unbranched alkanes of at least 4 members (excludes halogenated alkanes) is 1. The van der Waals surface area contributed by atoms with E-state index in [4.69, 9.17) is 5.73 Å². The average Bonchev–Trinajstić information content (AvgIpc) is 2.35. The molecule has 3 heteroatoms. The third kappa shape index (κ3) is 5.87. The Balaban J connectivity index is 2.28. The molecule has 0 saturated carbocycles. The van der Waals surface area contributed by atoms with Gasteiger partial charge in [-0.2, -0.15) is 0 Å². The highest BCUT2D eigenvalue weighted by molar-refractivity contribution is 5.78. The molecular formula is C14H26N2O. The van der Waals surface area contributed by atoms with Crippen molar-refractivity contribution < 1.29 is 4.79 Å². The van der Waals surface area contributed by atoms with Gasteiger partial charge in [0.1, 0.15) is 0 Å². The monoisotopic (exact) mass is 238 g/mol. The van der Waals surface area contributed by atoms with Crippen molar-refractivity contribution in [2.45, 2.75) is 64.3 Å². The van der Waals surface area contributed by atoms with Crippen molar-refractivity contribution in [2.24, 2.45) is 5.73 Å². The Labute approximate surface area is 105 Å². The molecule has 17 heavy (non-hydrogen) atoms. The smallest absolute Gasteiger partial charge is 0.224 e. The van der Waals surface area contributed by atoms with E-state index in [0.29, 0.717) is 13.0 Å². The second-order valence-electron chi connectivity index (χ2n) is 4.93. The SMILES string of the molecule is CCCCC(CN)NC(=O)CC1=CCCCC1. The van der Waals surface area contributed by atoms with E-state index in [1.807, 2.05) is 0 Å². The molecule has 98 valence electrons. The fourth-order valence-corrected chi connectivity index (χ4v) is 2.25. The van der Waals surface area contributed by atoms with Gasteiger partial charge in [-0.3, -0.25) is 4.79 Å². The van der Waals surface area contributed by atoms with Crippen LogP contribution in [-0.4, -0.2) is 18.5 Å². The summed E-state index contributed by atoms with van der Waals surface area (Å²) >= 11 is 0. The van der Waals surface area contributed by atoms with Crippen molar-refractivity contribution in [3.05, 3.63) is 11.6 Å². The number of nitrogens with two attached hydrogens (primary N) is 1. The maximum Gasteiger partial charge on any atom is 0.224 e. The summed E-state index contributed by atoms with van der Waals surface area (Å²) in [5.41, 5.74) is 6.97. The van der Waals surface area contributed by atoms with Gasteiger partial charge in [-0.05, 0) is 32.1 Å². The first kappa shape index (κ1) is 14.2. The maximum absolute atomic E-state index is 11.8. The Morgan fingerprint density at radius 1 is 1.53 bits per heavy atom. The van der Waals surface area contributed by atoms with E-state index in [9.17, 15) is 4.79 Å². The Morgan fingerprint density at radius 3 is 2.94 bits per heavy atom. The van der Waals surface area contributed by atoms with E-state index in [2.05, 4.69) is 18.3 Å². The molecule has 0 aromatic heterocycles. The van der Waals surface area contributed by atoms with Crippen LogP contribution in [0.3, 0.4) is 0 Å². The fourth-order valence-electron chi connectivity index (χ4n) is 2.25. The van der Waals surface area contributed by atoms with E-state index in [1.165, 1.54) is 18.4 Å². The summed E-state index contributed by atoms with van der Waals surface area (Å²) in [7, 11) is 0. The molecule has 1 unspecified atom stereocenters. The van der Waals surface area contributed by atoms with Gasteiger partial charge >= 0.3 is 0 Å². The van der Waals surface area contributed by atoms with Gasteiger partial charge in [-0.15, -0.1) is 0 Å². The molecule has 0 aromatic rings. The van der Waals surface area contributed by atoms with Gasteiger partial charge in [0, 0.05) is 19.0 Å². The van der Waals surface area contributed by atoms with Crippen LogP contribution in [0.25, 0.3) is 0 Å². The highest BCUT2D eigenvalue weighted by Gasteiger charge is 2.12. The van der Waals surface area contributed by atoms with Crippen LogP contribution in [0.15, 0.2) is 11.6 Å². The molecule has 0 radical (unpaired) electrons. The lowest BCUT2D eigenvalue weighted by Gasteiger charge is -2.18. The zero-order valence-electron chi connectivity index (χ0n) is 11.0. The Kier molecular flexibility index (Phi) is 6.94. The molecule has 0 spiro atoms. The Morgan fingerprint density at radius 2 is 2.35 bits per heavy atom. The van der Waals surface area contributed by atoms with Crippen molar-refractivity contribution >= 4 is 5.91 Å². The van der Waals surface area contributed by atoms with Crippen LogP contribution >= 0.6 is 0 Å². The predicted octanol–water partition coefficient (Wildman–Crippen LogP) is 2.51. The molecule has 3 N–H and O–H groups in total. The minimum atomic E-state index is 0.143. The Bertz CT molecular complexity index is 261. The highest BCUT2D eigenvalue weighted by atomic mass is 16.1. The van der Waals surface area contributed by atoms with Crippen LogP contribution in [0.5, 0.6) is 0 Å². The molecule has 0 saturated heterocycles. The highest BCUT2D eigenvalue weighted by Crippen LogP contribution is 2.19. The average molecular weight is 238 g/mol. The van der Waals surface area contributed by atoms with Crippen molar-refractivity contribution in [3.63, 3.8) is 0 Å². The fraction of sp³-hybridized carbons (Fsp3) is 0.786. The molecule has 1 aliphatic rings. The molecule has 0 aliphatic heterocycles. The van der Waals surface area contributed by atoms with Gasteiger partial charge in [-0.25, -0.2) is 0 Å². The maximum atomic E-state index is 11.8. The standard InChI is InChI=1S/C14H26N2O/c1-2-3-9-13(11-15)16-14(17)10-12-7-5-4-6-8-12/h7,13H,2-6,8-11,15H2,1H3,(H,16,17). The number of hydrogen-bond donors (Lipinski definition) is 2. The first-order valence-corrected chi connectivity index (χ1v) is 6.93. The zero-order valence-corrected chi connectivity index (χ0v) is 11.0. The largest absolute Gasteiger partial charge is 0.352 e. The summed E-state index contributed by atoms with van der Waals surface area (Å²) < 4.78 is 0. The number of rotatable bonds is 7. The first-order valence-electron chi connectivity index (χ1n) is 6.93. The summed E-state index contributed by atoms with van der Waals surface area (Å²) in [5, 5.41) is 3.04. The van der Waals surface area contributed by atoms with Crippen molar-refractivity contribution in [1.82, 2.24) is 5.32 Å². The van der Waals surface area contributed by atoms with Crippen LogP contribution in [-0.2, 0) is 4.79 Å². The van der Waals surface area contributed by atoms with E-state index in [-0.39, 0.29) is 11.9 Å². The number of allylic oxidation sites excluding steroid dienone is 1. The third-order valence-electron chi connectivity index (χ3n) is 3.33. The van der Waals surface area contributed by atoms with Gasteiger partial charge in [0.15, 0.2) is 0 Å². The molecular weight excluding hydrogens is 212 g/mol. The lowest BCUT2D eigenvalue weighted by atomic mass is 9.97. The van der Waals surface area contributed by atoms with E-state index >= 15 is 0 Å². The third-order valence-corrected chi connectivity index (χ3v) is 3.33. The van der Waals surface area contributed by atoms with Gasteiger partial charge < -0.3 is 11.1 Å². The van der Waals surface area contributed by atoms with Crippen LogP contribution in [0.4, 0.5) is 0 Å². The molecule has 1 atom stereocenters. The summed E-state index contributed by atoms with van der Waals surface area (Å²) in [6, 6.07) is 0.159. The topological polar surface area (TPSA) is 55.1 Å². The molecule has 3 nitrogen and oxygen atoms in total. The van der Waals surface area contributed by atoms with Crippen molar-refractivity contribution in [3.8, 4) is 0 Å². The Hall–Kier alpha value is -0.830. The number of carbonyl (C=O) groups excluding carboxylic acids is 1. The number of amides is 1.